The van der Waals surface area contributed by atoms with E-state index in [2.05, 4.69) is 4.72 Å². The monoisotopic (exact) mass is 483 g/mol. The van der Waals surface area contributed by atoms with E-state index < -0.39 is 21.7 Å². The maximum atomic E-state index is 13.2. The van der Waals surface area contributed by atoms with Gasteiger partial charge in [-0.2, -0.15) is 0 Å². The summed E-state index contributed by atoms with van der Waals surface area (Å²) in [4.78, 5) is 28.7. The Morgan fingerprint density at radius 1 is 1.27 bits per heavy atom. The van der Waals surface area contributed by atoms with E-state index in [9.17, 15) is 18.0 Å². The number of carbonyl (C=O) groups excluding carboxylic acids is 2. The first kappa shape index (κ1) is 26.9. The lowest BCUT2D eigenvalue weighted by Gasteiger charge is -2.35. The second-order valence-corrected chi connectivity index (χ2v) is 11.4. The second kappa shape index (κ2) is 10.7. The molecule has 0 saturated carbocycles. The summed E-state index contributed by atoms with van der Waals surface area (Å²) in [6.45, 7) is 10.4. The Bertz CT molecular complexity index is 955. The Labute approximate surface area is 197 Å². The molecular weight excluding hydrogens is 446 g/mol. The van der Waals surface area contributed by atoms with Gasteiger partial charge in [-0.05, 0) is 71.6 Å². The van der Waals surface area contributed by atoms with E-state index in [4.69, 9.17) is 9.47 Å². The quantitative estimate of drug-likeness (QED) is 0.639. The summed E-state index contributed by atoms with van der Waals surface area (Å²) < 4.78 is 38.6. The average molecular weight is 484 g/mol. The van der Waals surface area contributed by atoms with E-state index in [1.54, 1.807) is 36.8 Å². The Balaban J connectivity index is 2.16. The Morgan fingerprint density at radius 3 is 2.52 bits per heavy atom. The zero-order chi connectivity index (χ0) is 25.0. The number of ether oxygens (including phenoxy) is 2. The van der Waals surface area contributed by atoms with Crippen molar-refractivity contribution in [1.29, 1.82) is 0 Å². The fourth-order valence-corrected chi connectivity index (χ4v) is 5.22. The molecule has 10 heteroatoms. The fraction of sp³-hybridized carbons (Fsp3) is 0.652. The third-order valence-electron chi connectivity index (χ3n) is 5.13. The van der Waals surface area contributed by atoms with Gasteiger partial charge in [0.1, 0.15) is 16.2 Å². The van der Waals surface area contributed by atoms with E-state index >= 15 is 0 Å². The van der Waals surface area contributed by atoms with E-state index in [0.29, 0.717) is 19.6 Å². The third-order valence-corrected chi connectivity index (χ3v) is 6.81. The minimum Gasteiger partial charge on any atom is -0.495 e. The highest BCUT2D eigenvalue weighted by Gasteiger charge is 2.29. The van der Waals surface area contributed by atoms with Crippen LogP contribution in [0.3, 0.4) is 0 Å². The van der Waals surface area contributed by atoms with Crippen LogP contribution in [0.2, 0.25) is 0 Å². The number of methoxy groups -OCH3 is 1. The molecule has 0 spiro atoms. The first-order valence-electron chi connectivity index (χ1n) is 11.2. The molecule has 1 saturated heterocycles. The van der Waals surface area contributed by atoms with Crippen molar-refractivity contribution in [2.45, 2.75) is 64.0 Å². The smallest absolute Gasteiger partial charge is 0.410 e. The predicted octanol–water partition coefficient (Wildman–Crippen LogP) is 3.10. The predicted molar refractivity (Wildman–Crippen MR) is 126 cm³/mol. The van der Waals surface area contributed by atoms with Crippen molar-refractivity contribution < 1.29 is 27.5 Å². The van der Waals surface area contributed by atoms with Crippen LogP contribution < -0.4 is 9.46 Å². The van der Waals surface area contributed by atoms with E-state index in [-0.39, 0.29) is 34.1 Å². The van der Waals surface area contributed by atoms with Crippen LogP contribution in [0, 0.1) is 5.92 Å². The van der Waals surface area contributed by atoms with Crippen LogP contribution in [0.15, 0.2) is 23.1 Å². The highest BCUT2D eigenvalue weighted by Crippen LogP contribution is 2.27. The van der Waals surface area contributed by atoms with E-state index in [1.165, 1.54) is 19.2 Å². The van der Waals surface area contributed by atoms with Crippen LogP contribution >= 0.6 is 0 Å². The highest BCUT2D eigenvalue weighted by atomic mass is 32.2. The van der Waals surface area contributed by atoms with Gasteiger partial charge in [-0.25, -0.2) is 17.9 Å². The number of likely N-dealkylation sites (tertiary alicyclic amines) is 1. The molecule has 1 atom stereocenters. The molecule has 0 aromatic heterocycles. The molecule has 2 amide bonds. The number of nitrogens with zero attached hydrogens (tertiary/aromatic N) is 2. The van der Waals surface area contributed by atoms with E-state index in [0.717, 1.165) is 12.8 Å². The van der Waals surface area contributed by atoms with Gasteiger partial charge in [0.25, 0.3) is 5.91 Å². The SMILES string of the molecule is COc1ccc(C(=O)N2CCCC(CN(C)C(=O)OC(C)(C)C)C2)cc1S(=O)(=O)NC(C)C. The van der Waals surface area contributed by atoms with Crippen molar-refractivity contribution in [2.75, 3.05) is 33.8 Å². The van der Waals surface area contributed by atoms with Gasteiger partial charge in [0.15, 0.2) is 0 Å². The summed E-state index contributed by atoms with van der Waals surface area (Å²) in [5, 5.41) is 0. The fourth-order valence-electron chi connectivity index (χ4n) is 3.78. The van der Waals surface area contributed by atoms with Crippen LogP contribution in [0.4, 0.5) is 4.79 Å². The number of piperidine rings is 1. The van der Waals surface area contributed by atoms with Crippen LogP contribution in [0.5, 0.6) is 5.75 Å². The van der Waals surface area contributed by atoms with Crippen LogP contribution in [-0.2, 0) is 14.8 Å². The lowest BCUT2D eigenvalue weighted by Crippen LogP contribution is -2.45. The van der Waals surface area contributed by atoms with Crippen molar-refractivity contribution in [2.24, 2.45) is 5.92 Å². The van der Waals surface area contributed by atoms with Crippen molar-refractivity contribution in [3.05, 3.63) is 23.8 Å². The molecule has 1 aliphatic heterocycles. The molecule has 1 fully saturated rings. The molecule has 9 nitrogen and oxygen atoms in total. The van der Waals surface area contributed by atoms with Crippen LogP contribution in [0.1, 0.15) is 57.8 Å². The first-order valence-corrected chi connectivity index (χ1v) is 12.7. The van der Waals surface area contributed by atoms with Gasteiger partial charge in [-0.15, -0.1) is 0 Å². The Kier molecular flexibility index (Phi) is 8.75. The second-order valence-electron chi connectivity index (χ2n) is 9.76. The van der Waals surface area contributed by atoms with Gasteiger partial charge in [0.2, 0.25) is 10.0 Å². The van der Waals surface area contributed by atoms with Gasteiger partial charge in [0.05, 0.1) is 7.11 Å². The molecular formula is C23H37N3O6S. The number of amides is 2. The number of hydrogen-bond donors (Lipinski definition) is 1. The summed E-state index contributed by atoms with van der Waals surface area (Å²) in [7, 11) is -0.762. The van der Waals surface area contributed by atoms with Gasteiger partial charge in [-0.3, -0.25) is 4.79 Å². The van der Waals surface area contributed by atoms with Crippen LogP contribution in [-0.4, -0.2) is 75.7 Å². The molecule has 0 bridgehead atoms. The zero-order valence-electron chi connectivity index (χ0n) is 20.7. The van der Waals surface area contributed by atoms with Crippen molar-refractivity contribution >= 4 is 22.0 Å². The maximum absolute atomic E-state index is 13.2. The Hall–Kier alpha value is -2.33. The summed E-state index contributed by atoms with van der Waals surface area (Å²) >= 11 is 0. The molecule has 1 N–H and O–H groups in total. The largest absolute Gasteiger partial charge is 0.495 e. The molecule has 1 unspecified atom stereocenters. The number of nitrogens with one attached hydrogen (secondary N) is 1. The van der Waals surface area contributed by atoms with Gasteiger partial charge in [-0.1, -0.05) is 0 Å². The van der Waals surface area contributed by atoms with E-state index in [1.807, 2.05) is 20.8 Å². The standard InChI is InChI=1S/C23H37N3O6S/c1-16(2)24-33(29,30)20-13-18(10-11-19(20)31-7)21(27)26-12-8-9-17(15-26)14-25(6)22(28)32-23(3,4)5/h10-11,13,16-17,24H,8-9,12,14-15H2,1-7H3. The maximum Gasteiger partial charge on any atom is 0.410 e. The molecule has 1 heterocycles. The number of carbonyl (C=O) groups is 2. The molecule has 186 valence electrons. The molecule has 0 radical (unpaired) electrons. The van der Waals surface area contributed by atoms with Gasteiger partial charge >= 0.3 is 6.09 Å². The van der Waals surface area contributed by atoms with Crippen LogP contribution in [0.25, 0.3) is 0 Å². The number of sulfonamides is 1. The molecule has 1 aliphatic rings. The molecule has 1 aromatic carbocycles. The minimum absolute atomic E-state index is 0.0669. The normalized spacial score (nSPS) is 17.1. The van der Waals surface area contributed by atoms with Crippen molar-refractivity contribution in [3.63, 3.8) is 0 Å². The lowest BCUT2D eigenvalue weighted by atomic mass is 9.97. The average Bonchev–Trinajstić information content (AvgIpc) is 2.70. The van der Waals surface area contributed by atoms with Crippen molar-refractivity contribution in [1.82, 2.24) is 14.5 Å². The molecule has 1 aromatic rings. The third kappa shape index (κ3) is 7.60. The summed E-state index contributed by atoms with van der Waals surface area (Å²) in [5.74, 6) is 0.0303. The zero-order valence-corrected chi connectivity index (χ0v) is 21.5. The topological polar surface area (TPSA) is 105 Å². The van der Waals surface area contributed by atoms with Crippen molar-refractivity contribution in [3.8, 4) is 5.75 Å². The number of benzene rings is 1. The molecule has 0 aliphatic carbocycles. The number of rotatable bonds is 7. The molecule has 2 rings (SSSR count). The van der Waals surface area contributed by atoms with Gasteiger partial charge < -0.3 is 19.3 Å². The number of hydrogen-bond acceptors (Lipinski definition) is 6. The summed E-state index contributed by atoms with van der Waals surface area (Å²) in [5.41, 5.74) is -0.294. The highest BCUT2D eigenvalue weighted by molar-refractivity contribution is 7.89. The summed E-state index contributed by atoms with van der Waals surface area (Å²) in [6.07, 6.45) is 1.29. The first-order chi connectivity index (χ1) is 15.2. The summed E-state index contributed by atoms with van der Waals surface area (Å²) in [6, 6.07) is 4.14. The minimum atomic E-state index is -3.84. The van der Waals surface area contributed by atoms with Gasteiger partial charge in [0, 0.05) is 38.3 Å². The molecule has 33 heavy (non-hydrogen) atoms. The lowest BCUT2D eigenvalue weighted by molar-refractivity contribution is 0.0244. The Morgan fingerprint density at radius 2 is 1.94 bits per heavy atom.